The van der Waals surface area contributed by atoms with Crippen LogP contribution in [0.3, 0.4) is 0 Å². The monoisotopic (exact) mass is 314 g/mol. The summed E-state index contributed by atoms with van der Waals surface area (Å²) in [7, 11) is 1.35. The lowest BCUT2D eigenvalue weighted by molar-refractivity contribution is -0.144. The fourth-order valence-electron chi connectivity index (χ4n) is 2.12. The number of rotatable bonds is 3. The van der Waals surface area contributed by atoms with E-state index in [0.717, 1.165) is 5.69 Å². The van der Waals surface area contributed by atoms with E-state index < -0.39 is 6.04 Å². The number of nitrogens with two attached hydrogens (primary N) is 1. The maximum atomic E-state index is 11.8. The SMILES string of the molecule is COC(=O)C1COCCN1c1ccc(C(N)=S)cc1Cl. The van der Waals surface area contributed by atoms with E-state index in [1.165, 1.54) is 7.11 Å². The fourth-order valence-corrected chi connectivity index (χ4v) is 2.53. The maximum absolute atomic E-state index is 11.8. The Balaban J connectivity index is 2.32. The standard InChI is InChI=1S/C13H15ClN2O3S/c1-18-13(17)11-7-19-5-4-16(11)10-3-2-8(12(15)20)6-9(10)14/h2-3,6,11H,4-5,7H2,1H3,(H2,15,20). The van der Waals surface area contributed by atoms with Crippen LogP contribution in [-0.2, 0) is 14.3 Å². The van der Waals surface area contributed by atoms with Gasteiger partial charge in [0, 0.05) is 12.1 Å². The minimum absolute atomic E-state index is 0.278. The molecule has 0 amide bonds. The summed E-state index contributed by atoms with van der Waals surface area (Å²) >= 11 is 11.2. The Morgan fingerprint density at radius 2 is 2.35 bits per heavy atom. The molecule has 1 unspecified atom stereocenters. The third kappa shape index (κ3) is 3.03. The number of hydrogen-bond donors (Lipinski definition) is 1. The lowest BCUT2D eigenvalue weighted by Gasteiger charge is -2.36. The number of esters is 1. The van der Waals surface area contributed by atoms with Crippen LogP contribution in [0.4, 0.5) is 5.69 Å². The van der Waals surface area contributed by atoms with Crippen molar-refractivity contribution < 1.29 is 14.3 Å². The van der Waals surface area contributed by atoms with E-state index in [1.807, 2.05) is 4.90 Å². The van der Waals surface area contributed by atoms with Gasteiger partial charge in [0.1, 0.15) is 4.99 Å². The predicted molar refractivity (Wildman–Crippen MR) is 81.3 cm³/mol. The van der Waals surface area contributed by atoms with Crippen LogP contribution in [0.2, 0.25) is 5.02 Å². The van der Waals surface area contributed by atoms with E-state index in [9.17, 15) is 4.79 Å². The molecule has 1 fully saturated rings. The first-order valence-corrected chi connectivity index (χ1v) is 6.84. The first-order valence-electron chi connectivity index (χ1n) is 6.06. The molecule has 0 saturated carbocycles. The van der Waals surface area contributed by atoms with Crippen molar-refractivity contribution in [3.63, 3.8) is 0 Å². The lowest BCUT2D eigenvalue weighted by Crippen LogP contribution is -2.50. The molecule has 5 nitrogen and oxygen atoms in total. The van der Waals surface area contributed by atoms with Gasteiger partial charge in [-0.05, 0) is 18.2 Å². The highest BCUT2D eigenvalue weighted by Crippen LogP contribution is 2.30. The van der Waals surface area contributed by atoms with E-state index >= 15 is 0 Å². The average Bonchev–Trinajstić information content (AvgIpc) is 2.46. The highest BCUT2D eigenvalue weighted by Gasteiger charge is 2.31. The molecule has 0 aliphatic carbocycles. The molecule has 1 aromatic carbocycles. The Hall–Kier alpha value is -1.37. The zero-order valence-electron chi connectivity index (χ0n) is 11.0. The van der Waals surface area contributed by atoms with Gasteiger partial charge in [-0.25, -0.2) is 4.79 Å². The second-order valence-corrected chi connectivity index (χ2v) is 5.18. The van der Waals surface area contributed by atoms with E-state index in [0.29, 0.717) is 23.7 Å². The van der Waals surface area contributed by atoms with Crippen molar-refractivity contribution in [2.24, 2.45) is 5.73 Å². The third-order valence-corrected chi connectivity index (χ3v) is 3.68. The number of thiocarbonyl (C=S) groups is 1. The number of carbonyl (C=O) groups excluding carboxylic acids is 1. The summed E-state index contributed by atoms with van der Waals surface area (Å²) in [5.74, 6) is -0.348. The molecule has 0 bridgehead atoms. The molecule has 1 aliphatic rings. The number of anilines is 1. The van der Waals surface area contributed by atoms with Gasteiger partial charge in [0.2, 0.25) is 0 Å². The second kappa shape index (κ2) is 6.39. The molecule has 7 heteroatoms. The minimum Gasteiger partial charge on any atom is -0.467 e. The Bertz CT molecular complexity index is 538. The van der Waals surface area contributed by atoms with Gasteiger partial charge in [0.25, 0.3) is 0 Å². The first kappa shape index (κ1) is 15.0. The average molecular weight is 315 g/mol. The smallest absolute Gasteiger partial charge is 0.330 e. The number of carbonyl (C=O) groups is 1. The number of hydrogen-bond acceptors (Lipinski definition) is 5. The fraction of sp³-hybridized carbons (Fsp3) is 0.385. The van der Waals surface area contributed by atoms with E-state index in [1.54, 1.807) is 18.2 Å². The Morgan fingerprint density at radius 1 is 1.60 bits per heavy atom. The molecular weight excluding hydrogens is 300 g/mol. The Morgan fingerprint density at radius 3 is 2.95 bits per heavy atom. The van der Waals surface area contributed by atoms with E-state index in [2.05, 4.69) is 0 Å². The molecule has 1 atom stereocenters. The molecule has 108 valence electrons. The summed E-state index contributed by atoms with van der Waals surface area (Å²) in [4.78, 5) is 14.0. The highest BCUT2D eigenvalue weighted by molar-refractivity contribution is 7.80. The van der Waals surface area contributed by atoms with Gasteiger partial charge in [-0.1, -0.05) is 23.8 Å². The summed E-state index contributed by atoms with van der Waals surface area (Å²) in [5.41, 5.74) is 7.01. The van der Waals surface area contributed by atoms with Crippen molar-refractivity contribution in [1.29, 1.82) is 0 Å². The van der Waals surface area contributed by atoms with Crippen LogP contribution in [-0.4, -0.2) is 43.9 Å². The van der Waals surface area contributed by atoms with Crippen LogP contribution >= 0.6 is 23.8 Å². The molecule has 1 heterocycles. The summed E-state index contributed by atoms with van der Waals surface area (Å²) < 4.78 is 10.1. The van der Waals surface area contributed by atoms with E-state index in [4.69, 9.17) is 39.0 Å². The maximum Gasteiger partial charge on any atom is 0.330 e. The van der Waals surface area contributed by atoms with Gasteiger partial charge in [0.05, 0.1) is 31.0 Å². The summed E-state index contributed by atoms with van der Waals surface area (Å²) in [6.07, 6.45) is 0. The molecule has 2 N–H and O–H groups in total. The summed E-state index contributed by atoms with van der Waals surface area (Å²) in [5, 5.41) is 0.492. The van der Waals surface area contributed by atoms with Crippen molar-refractivity contribution >= 4 is 40.5 Å². The lowest BCUT2D eigenvalue weighted by atomic mass is 10.1. The molecule has 1 aliphatic heterocycles. The van der Waals surface area contributed by atoms with Crippen LogP contribution in [0, 0.1) is 0 Å². The van der Waals surface area contributed by atoms with Crippen LogP contribution < -0.4 is 10.6 Å². The number of morpholine rings is 1. The molecule has 2 rings (SSSR count). The van der Waals surface area contributed by atoms with Gasteiger partial charge >= 0.3 is 5.97 Å². The van der Waals surface area contributed by atoms with Crippen LogP contribution in [0.25, 0.3) is 0 Å². The van der Waals surface area contributed by atoms with Gasteiger partial charge < -0.3 is 20.1 Å². The molecule has 20 heavy (non-hydrogen) atoms. The zero-order chi connectivity index (χ0) is 14.7. The minimum atomic E-state index is -0.498. The largest absolute Gasteiger partial charge is 0.467 e. The molecule has 0 radical (unpaired) electrons. The Labute approximate surface area is 127 Å². The number of halogens is 1. The number of ether oxygens (including phenoxy) is 2. The number of benzene rings is 1. The van der Waals surface area contributed by atoms with Gasteiger partial charge in [0.15, 0.2) is 6.04 Å². The highest BCUT2D eigenvalue weighted by atomic mass is 35.5. The molecule has 1 aromatic rings. The van der Waals surface area contributed by atoms with Crippen molar-refractivity contribution in [2.45, 2.75) is 6.04 Å². The van der Waals surface area contributed by atoms with Crippen molar-refractivity contribution in [3.05, 3.63) is 28.8 Å². The van der Waals surface area contributed by atoms with Crippen LogP contribution in [0.15, 0.2) is 18.2 Å². The second-order valence-electron chi connectivity index (χ2n) is 4.34. The van der Waals surface area contributed by atoms with Crippen molar-refractivity contribution in [2.75, 3.05) is 31.8 Å². The van der Waals surface area contributed by atoms with Crippen molar-refractivity contribution in [3.8, 4) is 0 Å². The third-order valence-electron chi connectivity index (χ3n) is 3.14. The van der Waals surface area contributed by atoms with Crippen LogP contribution in [0.5, 0.6) is 0 Å². The van der Waals surface area contributed by atoms with E-state index in [-0.39, 0.29) is 17.6 Å². The molecule has 1 saturated heterocycles. The quantitative estimate of drug-likeness (QED) is 0.671. The molecule has 0 spiro atoms. The van der Waals surface area contributed by atoms with Crippen molar-refractivity contribution in [1.82, 2.24) is 0 Å². The first-order chi connectivity index (χ1) is 9.54. The summed E-state index contributed by atoms with van der Waals surface area (Å²) in [6, 6.07) is 4.79. The number of nitrogens with zero attached hydrogens (tertiary/aromatic N) is 1. The van der Waals surface area contributed by atoms with Gasteiger partial charge in [-0.2, -0.15) is 0 Å². The summed E-state index contributed by atoms with van der Waals surface area (Å²) in [6.45, 7) is 1.37. The topological polar surface area (TPSA) is 64.8 Å². The predicted octanol–water partition coefficient (Wildman–Crippen LogP) is 1.35. The molecule has 0 aromatic heterocycles. The van der Waals surface area contributed by atoms with Gasteiger partial charge in [-0.3, -0.25) is 0 Å². The normalized spacial score (nSPS) is 18.7. The molecular formula is C13H15ClN2O3S. The number of methoxy groups -OCH3 is 1. The van der Waals surface area contributed by atoms with Crippen LogP contribution in [0.1, 0.15) is 5.56 Å². The zero-order valence-corrected chi connectivity index (χ0v) is 12.5. The Kier molecular flexibility index (Phi) is 4.80. The van der Waals surface area contributed by atoms with Gasteiger partial charge in [-0.15, -0.1) is 0 Å².